The molecule has 0 N–H and O–H groups in total. The van der Waals surface area contributed by atoms with E-state index in [0.717, 1.165) is 45.5 Å². The normalized spacial score (nSPS) is 12.8. The van der Waals surface area contributed by atoms with Crippen molar-refractivity contribution in [1.29, 1.82) is 0 Å². The van der Waals surface area contributed by atoms with Gasteiger partial charge in [-0.25, -0.2) is 0 Å². The molecule has 0 fully saturated rings. The molecule has 71 heavy (non-hydrogen) atoms. The van der Waals surface area contributed by atoms with E-state index in [4.69, 9.17) is 0 Å². The number of fused-ring (bicyclic) bond motifs is 9. The number of benzene rings is 10. The molecule has 4 heteroatoms. The average Bonchev–Trinajstić information content (AvgIpc) is 3.96. The number of hydrogen-bond donors (Lipinski definition) is 0. The number of nitrogens with zero attached hydrogens (tertiary/aromatic N) is 4. The van der Waals surface area contributed by atoms with Gasteiger partial charge < -0.3 is 18.9 Å². The van der Waals surface area contributed by atoms with Gasteiger partial charge in [-0.3, -0.25) is 0 Å². The zero-order chi connectivity index (χ0) is 48.1. The van der Waals surface area contributed by atoms with Crippen molar-refractivity contribution in [2.45, 2.75) is 47.0 Å². The Morgan fingerprint density at radius 2 is 0.592 bits per heavy atom. The van der Waals surface area contributed by atoms with Crippen LogP contribution in [-0.4, -0.2) is 9.13 Å². The lowest BCUT2D eigenvalue weighted by Gasteiger charge is -2.29. The summed E-state index contributed by atoms with van der Waals surface area (Å²) in [6, 6.07) is 81.1. The average molecular weight is 915 g/mol. The Morgan fingerprint density at radius 3 is 0.915 bits per heavy atom. The van der Waals surface area contributed by atoms with Crippen molar-refractivity contribution < 1.29 is 0 Å². The predicted octanol–water partition coefficient (Wildman–Crippen LogP) is 18.4. The number of aromatic nitrogens is 2. The number of rotatable bonds is 8. The molecule has 0 aliphatic heterocycles. The third-order valence-electron chi connectivity index (χ3n) is 15.1. The first-order valence-corrected chi connectivity index (χ1v) is 24.8. The maximum atomic E-state index is 2.43. The fraction of sp³-hybridized carbons (Fsp3) is 0.104. The lowest BCUT2D eigenvalue weighted by atomic mass is 9.82. The maximum absolute atomic E-state index is 2.43. The molecule has 0 bridgehead atoms. The van der Waals surface area contributed by atoms with Crippen LogP contribution in [0.5, 0.6) is 0 Å². The molecule has 10 aromatic carbocycles. The van der Waals surface area contributed by atoms with Gasteiger partial charge in [-0.1, -0.05) is 109 Å². The molecule has 4 nitrogen and oxygen atoms in total. The summed E-state index contributed by atoms with van der Waals surface area (Å²) in [4.78, 5) is 4.80. The Morgan fingerprint density at radius 1 is 0.296 bits per heavy atom. The molecule has 1 aliphatic rings. The van der Waals surface area contributed by atoms with Gasteiger partial charge in [0.1, 0.15) is 0 Å². The van der Waals surface area contributed by atoms with Gasteiger partial charge in [-0.2, -0.15) is 0 Å². The van der Waals surface area contributed by atoms with Crippen LogP contribution in [0.1, 0.15) is 47.2 Å². The molecule has 0 amide bonds. The molecule has 0 spiro atoms. The van der Waals surface area contributed by atoms with Crippen molar-refractivity contribution in [3.63, 3.8) is 0 Å². The smallest absolute Gasteiger partial charge is 0.0541 e. The summed E-state index contributed by atoms with van der Waals surface area (Å²) in [5, 5.41) is 5.15. The van der Waals surface area contributed by atoms with E-state index < -0.39 is 0 Å². The molecule has 2 aromatic heterocycles. The lowest BCUT2D eigenvalue weighted by Crippen LogP contribution is -2.17. The Bertz CT molecular complexity index is 3660. The van der Waals surface area contributed by atoms with Crippen LogP contribution in [0.2, 0.25) is 0 Å². The molecule has 0 radical (unpaired) electrons. The van der Waals surface area contributed by atoms with Crippen LogP contribution in [-0.2, 0) is 5.41 Å². The van der Waals surface area contributed by atoms with E-state index in [1.54, 1.807) is 0 Å². The van der Waals surface area contributed by atoms with Crippen LogP contribution in [0, 0.1) is 27.7 Å². The third-order valence-corrected chi connectivity index (χ3v) is 15.1. The minimum atomic E-state index is -0.268. The molecule has 12 aromatic rings. The van der Waals surface area contributed by atoms with Gasteiger partial charge in [-0.15, -0.1) is 0 Å². The number of hydrogen-bond acceptors (Lipinski definition) is 2. The molecule has 0 atom stereocenters. The van der Waals surface area contributed by atoms with Crippen LogP contribution >= 0.6 is 0 Å². The van der Waals surface area contributed by atoms with E-state index in [9.17, 15) is 0 Å². The number of para-hydroxylation sites is 2. The highest BCUT2D eigenvalue weighted by Crippen LogP contribution is 2.53. The monoisotopic (exact) mass is 914 g/mol. The molecule has 0 saturated carbocycles. The molecule has 1 aliphatic carbocycles. The quantitative estimate of drug-likeness (QED) is 0.151. The van der Waals surface area contributed by atoms with Crippen LogP contribution in [0.15, 0.2) is 218 Å². The van der Waals surface area contributed by atoms with E-state index in [1.165, 1.54) is 88.1 Å². The highest BCUT2D eigenvalue weighted by molar-refractivity contribution is 6.11. The predicted molar refractivity (Wildman–Crippen MR) is 301 cm³/mol. The molecular formula is C67H54N4. The Labute approximate surface area is 415 Å². The van der Waals surface area contributed by atoms with Crippen LogP contribution < -0.4 is 9.80 Å². The fourth-order valence-corrected chi connectivity index (χ4v) is 11.6. The molecular weight excluding hydrogens is 861 g/mol. The Kier molecular flexibility index (Phi) is 9.73. The molecule has 2 heterocycles. The first-order valence-electron chi connectivity index (χ1n) is 24.8. The Balaban J connectivity index is 0.869. The zero-order valence-corrected chi connectivity index (χ0v) is 41.1. The summed E-state index contributed by atoms with van der Waals surface area (Å²) >= 11 is 0. The van der Waals surface area contributed by atoms with Gasteiger partial charge in [0.2, 0.25) is 0 Å². The van der Waals surface area contributed by atoms with Crippen molar-refractivity contribution in [3.05, 3.63) is 252 Å². The van der Waals surface area contributed by atoms with E-state index >= 15 is 0 Å². The number of anilines is 6. The van der Waals surface area contributed by atoms with Gasteiger partial charge in [0.05, 0.1) is 22.1 Å². The summed E-state index contributed by atoms with van der Waals surface area (Å²) < 4.78 is 4.82. The van der Waals surface area contributed by atoms with E-state index in [-0.39, 0.29) is 5.41 Å². The Hall–Kier alpha value is -8.60. The summed E-state index contributed by atoms with van der Waals surface area (Å²) in [6.07, 6.45) is 0. The standard InChI is InChI=1S/C67H54N4/c1-43-17-33-63-57(37-43)58-38-44(2)18-34-64(58)70(63)51-25-21-49(22-26-51)68(47-13-9-7-10-14-47)53-29-31-55-56-32-30-54(42-62(56)67(5,6)61(55)41-53)69(48-15-11-8-12-16-48)50-23-27-52(28-24-50)71-65-35-19-45(3)39-59(65)60-40-46(4)20-36-66(60)71/h7-42H,1-6H3. The minimum Gasteiger partial charge on any atom is -0.310 e. The van der Waals surface area contributed by atoms with Gasteiger partial charge in [0.25, 0.3) is 0 Å². The van der Waals surface area contributed by atoms with Crippen molar-refractivity contribution in [2.24, 2.45) is 0 Å². The zero-order valence-electron chi connectivity index (χ0n) is 41.1. The second-order valence-electron chi connectivity index (χ2n) is 20.2. The van der Waals surface area contributed by atoms with Crippen molar-refractivity contribution in [1.82, 2.24) is 9.13 Å². The highest BCUT2D eigenvalue weighted by atomic mass is 15.1. The first-order chi connectivity index (χ1) is 34.6. The van der Waals surface area contributed by atoms with Gasteiger partial charge in [0.15, 0.2) is 0 Å². The molecule has 0 unspecified atom stereocenters. The van der Waals surface area contributed by atoms with Crippen LogP contribution in [0.3, 0.4) is 0 Å². The first kappa shape index (κ1) is 42.5. The van der Waals surface area contributed by atoms with Crippen molar-refractivity contribution in [2.75, 3.05) is 9.80 Å². The summed E-state index contributed by atoms with van der Waals surface area (Å²) in [5.74, 6) is 0. The molecule has 13 rings (SSSR count). The van der Waals surface area contributed by atoms with Crippen molar-refractivity contribution >= 4 is 77.7 Å². The maximum Gasteiger partial charge on any atom is 0.0541 e. The van der Waals surface area contributed by atoms with E-state index in [0.29, 0.717) is 0 Å². The van der Waals surface area contributed by atoms with E-state index in [1.807, 2.05) is 0 Å². The topological polar surface area (TPSA) is 16.3 Å². The fourth-order valence-electron chi connectivity index (χ4n) is 11.6. The van der Waals surface area contributed by atoms with E-state index in [2.05, 4.69) is 279 Å². The minimum absolute atomic E-state index is 0.268. The van der Waals surface area contributed by atoms with Gasteiger partial charge >= 0.3 is 0 Å². The van der Waals surface area contributed by atoms with Crippen molar-refractivity contribution in [3.8, 4) is 22.5 Å². The third kappa shape index (κ3) is 6.88. The van der Waals surface area contributed by atoms with Crippen LogP contribution in [0.4, 0.5) is 34.1 Å². The SMILES string of the molecule is Cc1ccc2c(c1)c1cc(C)ccc1n2-c1ccc(N(c2ccccc2)c2ccc3c(c2)C(C)(C)c2cc(N(c4ccccc4)c4ccc(-n5c6ccc(C)cc6c6cc(C)ccc65)cc4)ccc2-3)cc1. The number of aryl methyl sites for hydroxylation is 4. The summed E-state index contributed by atoms with van der Waals surface area (Å²) in [7, 11) is 0. The molecule has 0 saturated heterocycles. The summed E-state index contributed by atoms with van der Waals surface area (Å²) in [6.45, 7) is 13.5. The second kappa shape index (κ2) is 16.3. The van der Waals surface area contributed by atoms with Gasteiger partial charge in [0, 0.05) is 72.5 Å². The highest BCUT2D eigenvalue weighted by Gasteiger charge is 2.37. The van der Waals surface area contributed by atoms with Gasteiger partial charge in [-0.05, 0) is 196 Å². The van der Waals surface area contributed by atoms with Crippen LogP contribution in [0.25, 0.3) is 66.1 Å². The largest absolute Gasteiger partial charge is 0.310 e. The molecule has 342 valence electrons. The second-order valence-corrected chi connectivity index (χ2v) is 20.2. The summed E-state index contributed by atoms with van der Waals surface area (Å²) in [5.41, 5.74) is 23.9. The lowest BCUT2D eigenvalue weighted by molar-refractivity contribution is 0.660.